The monoisotopic (exact) mass is 228 g/mol. The van der Waals surface area contributed by atoms with E-state index in [-0.39, 0.29) is 0 Å². The van der Waals surface area contributed by atoms with Gasteiger partial charge in [0.2, 0.25) is 0 Å². The number of fused-ring (bicyclic) bond motifs is 1. The Morgan fingerprint density at radius 3 is 3.12 bits per heavy atom. The predicted molar refractivity (Wildman–Crippen MR) is 73.7 cm³/mol. The first-order chi connectivity index (χ1) is 8.33. The zero-order valence-electron chi connectivity index (χ0n) is 10.5. The largest absolute Gasteiger partial charge is 0.494 e. The Bertz CT molecular complexity index is 429. The predicted octanol–water partition coefficient (Wildman–Crippen LogP) is 4.43. The lowest BCUT2D eigenvalue weighted by atomic mass is 9.93. The van der Waals surface area contributed by atoms with Crippen molar-refractivity contribution in [3.63, 3.8) is 0 Å². The second kappa shape index (κ2) is 5.72. The molecule has 0 saturated heterocycles. The molecule has 1 nitrogen and oxygen atoms in total. The van der Waals surface area contributed by atoms with Crippen molar-refractivity contribution in [2.24, 2.45) is 0 Å². The van der Waals surface area contributed by atoms with Crippen LogP contribution >= 0.6 is 0 Å². The van der Waals surface area contributed by atoms with Gasteiger partial charge in [-0.25, -0.2) is 0 Å². The number of allylic oxidation sites excluding steroid dienone is 1. The van der Waals surface area contributed by atoms with Gasteiger partial charge in [-0.3, -0.25) is 0 Å². The van der Waals surface area contributed by atoms with Gasteiger partial charge in [0.15, 0.2) is 0 Å². The van der Waals surface area contributed by atoms with E-state index < -0.39 is 0 Å². The van der Waals surface area contributed by atoms with Crippen molar-refractivity contribution in [1.82, 2.24) is 0 Å². The molecule has 17 heavy (non-hydrogen) atoms. The zero-order chi connectivity index (χ0) is 12.1. The summed E-state index contributed by atoms with van der Waals surface area (Å²) in [6.45, 7) is 6.98. The standard InChI is InChI=1S/C16H20O/c1-3-4-12-17-13(2)15-11-7-9-14-8-5-6-10-16(14)15/h6-7,9-11H,2-5,8,12H2,1H3. The SMILES string of the molecule is C=C(OCCCC)c1cccc2c1C=CCC2. The van der Waals surface area contributed by atoms with Crippen LogP contribution in [0.25, 0.3) is 11.8 Å². The number of hydrogen-bond donors (Lipinski definition) is 0. The fraction of sp³-hybridized carbons (Fsp3) is 0.375. The van der Waals surface area contributed by atoms with E-state index in [1.54, 1.807) is 0 Å². The number of rotatable bonds is 5. The summed E-state index contributed by atoms with van der Waals surface area (Å²) in [6, 6.07) is 6.39. The quantitative estimate of drug-likeness (QED) is 0.535. The fourth-order valence-electron chi connectivity index (χ4n) is 2.13. The molecule has 0 radical (unpaired) electrons. The first kappa shape index (κ1) is 12.0. The summed E-state index contributed by atoms with van der Waals surface area (Å²) in [5.41, 5.74) is 3.85. The lowest BCUT2D eigenvalue weighted by molar-refractivity contribution is 0.271. The minimum absolute atomic E-state index is 0.767. The zero-order valence-corrected chi connectivity index (χ0v) is 10.5. The Morgan fingerprint density at radius 1 is 1.41 bits per heavy atom. The van der Waals surface area contributed by atoms with Gasteiger partial charge in [-0.1, -0.05) is 50.3 Å². The molecule has 1 aliphatic carbocycles. The van der Waals surface area contributed by atoms with Crippen LogP contribution < -0.4 is 0 Å². The van der Waals surface area contributed by atoms with Crippen LogP contribution in [0.1, 0.15) is 42.9 Å². The van der Waals surface area contributed by atoms with Crippen LogP contribution in [-0.4, -0.2) is 6.61 Å². The summed E-state index contributed by atoms with van der Waals surface area (Å²) >= 11 is 0. The maximum Gasteiger partial charge on any atom is 0.119 e. The molecule has 0 amide bonds. The van der Waals surface area contributed by atoms with Crippen LogP contribution in [-0.2, 0) is 11.2 Å². The van der Waals surface area contributed by atoms with Crippen molar-refractivity contribution in [2.75, 3.05) is 6.61 Å². The molecule has 0 N–H and O–H groups in total. The van der Waals surface area contributed by atoms with Gasteiger partial charge in [0.05, 0.1) is 6.61 Å². The molecule has 0 saturated carbocycles. The van der Waals surface area contributed by atoms with Crippen LogP contribution in [0.2, 0.25) is 0 Å². The van der Waals surface area contributed by atoms with Crippen molar-refractivity contribution in [3.05, 3.63) is 47.5 Å². The lowest BCUT2D eigenvalue weighted by Gasteiger charge is -2.16. The molecule has 1 aromatic carbocycles. The molecule has 0 fully saturated rings. The molecule has 2 rings (SSSR count). The highest BCUT2D eigenvalue weighted by molar-refractivity contribution is 5.72. The van der Waals surface area contributed by atoms with Gasteiger partial charge in [-0.05, 0) is 30.4 Å². The van der Waals surface area contributed by atoms with Crippen LogP contribution in [0.15, 0.2) is 30.9 Å². The van der Waals surface area contributed by atoms with Crippen LogP contribution in [0.3, 0.4) is 0 Å². The van der Waals surface area contributed by atoms with Crippen molar-refractivity contribution in [2.45, 2.75) is 32.6 Å². The van der Waals surface area contributed by atoms with E-state index in [2.05, 4.69) is 43.9 Å². The molecule has 0 bridgehead atoms. The third-order valence-corrected chi connectivity index (χ3v) is 3.14. The van der Waals surface area contributed by atoms with Crippen molar-refractivity contribution < 1.29 is 4.74 Å². The van der Waals surface area contributed by atoms with E-state index >= 15 is 0 Å². The number of unbranched alkanes of at least 4 members (excludes halogenated alkanes) is 1. The molecule has 1 aromatic rings. The minimum atomic E-state index is 0.767. The van der Waals surface area contributed by atoms with Crippen molar-refractivity contribution in [1.29, 1.82) is 0 Å². The molecule has 1 aliphatic rings. The Kier molecular flexibility index (Phi) is 4.03. The summed E-state index contributed by atoms with van der Waals surface area (Å²) < 4.78 is 5.71. The second-order valence-electron chi connectivity index (χ2n) is 4.44. The van der Waals surface area contributed by atoms with E-state index in [1.807, 2.05) is 0 Å². The Morgan fingerprint density at radius 2 is 2.29 bits per heavy atom. The van der Waals surface area contributed by atoms with E-state index in [0.717, 1.165) is 43.6 Å². The molecule has 0 heterocycles. The summed E-state index contributed by atoms with van der Waals surface area (Å²) in [5, 5.41) is 0. The molecule has 0 aromatic heterocycles. The smallest absolute Gasteiger partial charge is 0.119 e. The molecule has 0 aliphatic heterocycles. The van der Waals surface area contributed by atoms with E-state index in [4.69, 9.17) is 4.74 Å². The van der Waals surface area contributed by atoms with Gasteiger partial charge in [-0.15, -0.1) is 0 Å². The first-order valence-corrected chi connectivity index (χ1v) is 6.43. The summed E-state index contributed by atoms with van der Waals surface area (Å²) in [4.78, 5) is 0. The summed E-state index contributed by atoms with van der Waals surface area (Å²) in [7, 11) is 0. The normalized spacial score (nSPS) is 13.2. The summed E-state index contributed by atoms with van der Waals surface area (Å²) in [6.07, 6.45) is 8.93. The highest BCUT2D eigenvalue weighted by Gasteiger charge is 2.11. The average Bonchev–Trinajstić information content (AvgIpc) is 2.38. The maximum absolute atomic E-state index is 5.71. The molecular weight excluding hydrogens is 208 g/mol. The van der Waals surface area contributed by atoms with Crippen molar-refractivity contribution >= 4 is 11.8 Å². The van der Waals surface area contributed by atoms with Gasteiger partial charge < -0.3 is 4.74 Å². The molecular formula is C16H20O. The molecule has 0 spiro atoms. The third kappa shape index (κ3) is 2.79. The topological polar surface area (TPSA) is 9.23 Å². The second-order valence-corrected chi connectivity index (χ2v) is 4.44. The number of aryl methyl sites for hydroxylation is 1. The van der Waals surface area contributed by atoms with E-state index in [9.17, 15) is 0 Å². The molecule has 1 heteroatoms. The van der Waals surface area contributed by atoms with Gasteiger partial charge >= 0.3 is 0 Å². The van der Waals surface area contributed by atoms with Crippen LogP contribution in [0.5, 0.6) is 0 Å². The maximum atomic E-state index is 5.71. The fourth-order valence-corrected chi connectivity index (χ4v) is 2.13. The Hall–Kier alpha value is -1.50. The number of ether oxygens (including phenoxy) is 1. The number of hydrogen-bond acceptors (Lipinski definition) is 1. The van der Waals surface area contributed by atoms with Gasteiger partial charge in [-0.2, -0.15) is 0 Å². The highest BCUT2D eigenvalue weighted by atomic mass is 16.5. The van der Waals surface area contributed by atoms with Gasteiger partial charge in [0, 0.05) is 5.56 Å². The van der Waals surface area contributed by atoms with E-state index in [0.29, 0.717) is 0 Å². The third-order valence-electron chi connectivity index (χ3n) is 3.14. The van der Waals surface area contributed by atoms with Gasteiger partial charge in [0.1, 0.15) is 5.76 Å². The van der Waals surface area contributed by atoms with Crippen LogP contribution in [0, 0.1) is 0 Å². The first-order valence-electron chi connectivity index (χ1n) is 6.43. The Labute approximate surface area is 104 Å². The average molecular weight is 228 g/mol. The molecule has 0 atom stereocenters. The lowest BCUT2D eigenvalue weighted by Crippen LogP contribution is -2.01. The van der Waals surface area contributed by atoms with Gasteiger partial charge in [0.25, 0.3) is 0 Å². The number of benzene rings is 1. The Balaban J connectivity index is 2.16. The van der Waals surface area contributed by atoms with Crippen LogP contribution in [0.4, 0.5) is 0 Å². The molecule has 90 valence electrons. The minimum Gasteiger partial charge on any atom is -0.494 e. The van der Waals surface area contributed by atoms with Crippen molar-refractivity contribution in [3.8, 4) is 0 Å². The molecule has 0 unspecified atom stereocenters. The van der Waals surface area contributed by atoms with E-state index in [1.165, 1.54) is 11.1 Å². The highest BCUT2D eigenvalue weighted by Crippen LogP contribution is 2.27. The summed E-state index contributed by atoms with van der Waals surface area (Å²) in [5.74, 6) is 0.807.